The van der Waals surface area contributed by atoms with Crippen LogP contribution in [0, 0.1) is 0 Å². The monoisotopic (exact) mass is 319 g/mol. The summed E-state index contributed by atoms with van der Waals surface area (Å²) in [6.07, 6.45) is 3.40. The van der Waals surface area contributed by atoms with Crippen LogP contribution in [0.1, 0.15) is 0 Å². The van der Waals surface area contributed by atoms with Gasteiger partial charge in [0.25, 0.3) is 0 Å². The number of alkyl halides is 2. The minimum Gasteiger partial charge on any atom is -0.435 e. The molecule has 0 bridgehead atoms. The number of pyridine rings is 1. The zero-order valence-electron chi connectivity index (χ0n) is 11.2. The molecule has 0 amide bonds. The number of hydrogen-bond donors (Lipinski definition) is 1. The highest BCUT2D eigenvalue weighted by atomic mass is 32.1. The molecule has 0 aliphatic heterocycles. The highest BCUT2D eigenvalue weighted by Crippen LogP contribution is 2.28. The van der Waals surface area contributed by atoms with Gasteiger partial charge in [0.1, 0.15) is 5.75 Å². The molecule has 0 unspecified atom stereocenters. The van der Waals surface area contributed by atoms with Crippen LogP contribution in [0.5, 0.6) is 5.75 Å². The predicted molar refractivity (Wildman–Crippen MR) is 81.7 cm³/mol. The Hall–Kier alpha value is -2.54. The minimum absolute atomic E-state index is 0.127. The normalized spacial score (nSPS) is 10.7. The Bertz CT molecular complexity index is 732. The molecule has 2 aromatic heterocycles. The van der Waals surface area contributed by atoms with Crippen LogP contribution in [-0.2, 0) is 0 Å². The highest BCUT2D eigenvalue weighted by Gasteiger charge is 2.07. The summed E-state index contributed by atoms with van der Waals surface area (Å²) in [4.78, 5) is 8.48. The fourth-order valence-electron chi connectivity index (χ4n) is 1.83. The maximum Gasteiger partial charge on any atom is 0.387 e. The molecular weight excluding hydrogens is 308 g/mol. The molecule has 3 rings (SSSR count). The van der Waals surface area contributed by atoms with Gasteiger partial charge in [-0.05, 0) is 36.4 Å². The maximum atomic E-state index is 12.1. The fraction of sp³-hybridized carbons (Fsp3) is 0.0667. The van der Waals surface area contributed by atoms with E-state index in [1.807, 2.05) is 17.5 Å². The van der Waals surface area contributed by atoms with Gasteiger partial charge in [-0.25, -0.2) is 4.98 Å². The van der Waals surface area contributed by atoms with Crippen molar-refractivity contribution in [2.75, 3.05) is 5.32 Å². The van der Waals surface area contributed by atoms with Crippen molar-refractivity contribution in [2.24, 2.45) is 0 Å². The molecule has 1 aromatic carbocycles. The van der Waals surface area contributed by atoms with Crippen LogP contribution >= 0.6 is 11.3 Å². The Morgan fingerprint density at radius 3 is 2.64 bits per heavy atom. The first-order chi connectivity index (χ1) is 10.7. The Kier molecular flexibility index (Phi) is 4.24. The lowest BCUT2D eigenvalue weighted by Gasteiger charge is -2.04. The Balaban J connectivity index is 1.73. The molecule has 0 aliphatic carbocycles. The fourth-order valence-corrected chi connectivity index (χ4v) is 2.57. The van der Waals surface area contributed by atoms with Gasteiger partial charge >= 0.3 is 6.61 Å². The number of nitrogens with zero attached hydrogens (tertiary/aromatic N) is 2. The van der Waals surface area contributed by atoms with Crippen LogP contribution < -0.4 is 10.1 Å². The second-order valence-corrected chi connectivity index (χ2v) is 5.17. The quantitative estimate of drug-likeness (QED) is 0.749. The van der Waals surface area contributed by atoms with Crippen LogP contribution in [0.15, 0.2) is 54.2 Å². The summed E-state index contributed by atoms with van der Waals surface area (Å²) in [5.74, 6) is 0.127. The molecule has 0 radical (unpaired) electrons. The van der Waals surface area contributed by atoms with Gasteiger partial charge in [0.15, 0.2) is 5.13 Å². The summed E-state index contributed by atoms with van der Waals surface area (Å²) >= 11 is 1.45. The zero-order chi connectivity index (χ0) is 15.4. The van der Waals surface area contributed by atoms with Gasteiger partial charge in [-0.1, -0.05) is 0 Å². The molecule has 0 spiro atoms. The molecule has 0 saturated carbocycles. The molecule has 4 nitrogen and oxygen atoms in total. The van der Waals surface area contributed by atoms with Crippen molar-refractivity contribution in [3.8, 4) is 17.0 Å². The molecule has 1 N–H and O–H groups in total. The van der Waals surface area contributed by atoms with E-state index >= 15 is 0 Å². The highest BCUT2D eigenvalue weighted by molar-refractivity contribution is 7.14. The van der Waals surface area contributed by atoms with Gasteiger partial charge in [0.05, 0.1) is 17.6 Å². The van der Waals surface area contributed by atoms with E-state index in [1.165, 1.54) is 23.5 Å². The van der Waals surface area contributed by atoms with Crippen LogP contribution in [0.25, 0.3) is 11.3 Å². The summed E-state index contributed by atoms with van der Waals surface area (Å²) in [6.45, 7) is -2.82. The third-order valence-electron chi connectivity index (χ3n) is 2.79. The molecular formula is C15H11F2N3OS. The first-order valence-electron chi connectivity index (χ1n) is 6.38. The average molecular weight is 319 g/mol. The lowest BCUT2D eigenvalue weighted by molar-refractivity contribution is -0.0498. The van der Waals surface area contributed by atoms with Gasteiger partial charge in [0, 0.05) is 17.1 Å². The lowest BCUT2D eigenvalue weighted by Crippen LogP contribution is -2.01. The molecule has 0 fully saturated rings. The number of anilines is 2. The number of nitrogens with one attached hydrogen (secondary N) is 1. The van der Waals surface area contributed by atoms with Gasteiger partial charge in [0.2, 0.25) is 0 Å². The van der Waals surface area contributed by atoms with Crippen molar-refractivity contribution in [1.29, 1.82) is 0 Å². The van der Waals surface area contributed by atoms with E-state index in [1.54, 1.807) is 24.5 Å². The first kappa shape index (κ1) is 14.4. The third kappa shape index (κ3) is 3.56. The molecule has 22 heavy (non-hydrogen) atoms. The number of ether oxygens (including phenoxy) is 1. The Morgan fingerprint density at radius 2 is 1.95 bits per heavy atom. The Morgan fingerprint density at radius 1 is 1.14 bits per heavy atom. The SMILES string of the molecule is FC(F)Oc1ccc(-c2csc(Nc3cccnc3)n2)cc1. The van der Waals surface area contributed by atoms with Crippen LogP contribution in [0.3, 0.4) is 0 Å². The number of aromatic nitrogens is 2. The number of rotatable bonds is 5. The van der Waals surface area contributed by atoms with Crippen molar-refractivity contribution < 1.29 is 13.5 Å². The largest absolute Gasteiger partial charge is 0.435 e. The van der Waals surface area contributed by atoms with Gasteiger partial charge in [-0.3, -0.25) is 4.98 Å². The topological polar surface area (TPSA) is 47.0 Å². The molecule has 0 saturated heterocycles. The summed E-state index contributed by atoms with van der Waals surface area (Å²) in [5.41, 5.74) is 2.45. The average Bonchev–Trinajstić information content (AvgIpc) is 2.97. The molecule has 0 atom stereocenters. The van der Waals surface area contributed by atoms with Crippen molar-refractivity contribution >= 4 is 22.2 Å². The molecule has 7 heteroatoms. The zero-order valence-corrected chi connectivity index (χ0v) is 12.1. The summed E-state index contributed by atoms with van der Waals surface area (Å²) in [5, 5.41) is 5.78. The number of thiazole rings is 1. The summed E-state index contributed by atoms with van der Waals surface area (Å²) in [6, 6.07) is 10.1. The van der Waals surface area contributed by atoms with Crippen molar-refractivity contribution in [1.82, 2.24) is 9.97 Å². The van der Waals surface area contributed by atoms with Gasteiger partial charge in [-0.15, -0.1) is 11.3 Å². The molecule has 2 heterocycles. The molecule has 0 aliphatic rings. The predicted octanol–water partition coefficient (Wildman–Crippen LogP) is 4.55. The third-order valence-corrected chi connectivity index (χ3v) is 3.55. The van der Waals surface area contributed by atoms with Crippen LogP contribution in [-0.4, -0.2) is 16.6 Å². The van der Waals surface area contributed by atoms with E-state index < -0.39 is 6.61 Å². The van der Waals surface area contributed by atoms with Gasteiger partial charge in [-0.2, -0.15) is 8.78 Å². The van der Waals surface area contributed by atoms with Crippen LogP contribution in [0.2, 0.25) is 0 Å². The van der Waals surface area contributed by atoms with Crippen molar-refractivity contribution in [2.45, 2.75) is 6.61 Å². The minimum atomic E-state index is -2.82. The van der Waals surface area contributed by atoms with Crippen molar-refractivity contribution in [3.63, 3.8) is 0 Å². The number of benzene rings is 1. The van der Waals surface area contributed by atoms with E-state index in [-0.39, 0.29) is 5.75 Å². The number of halogens is 2. The summed E-state index contributed by atoms with van der Waals surface area (Å²) in [7, 11) is 0. The van der Waals surface area contributed by atoms with E-state index in [4.69, 9.17) is 0 Å². The molecule has 3 aromatic rings. The second kappa shape index (κ2) is 6.48. The van der Waals surface area contributed by atoms with Crippen LogP contribution in [0.4, 0.5) is 19.6 Å². The standard InChI is InChI=1S/C15H11F2N3OS/c16-14(17)21-12-5-3-10(4-6-12)13-9-22-15(20-13)19-11-2-1-7-18-8-11/h1-9,14H,(H,19,20). The second-order valence-electron chi connectivity index (χ2n) is 4.31. The smallest absolute Gasteiger partial charge is 0.387 e. The van der Waals surface area contributed by atoms with E-state index in [0.29, 0.717) is 0 Å². The van der Waals surface area contributed by atoms with Gasteiger partial charge < -0.3 is 10.1 Å². The van der Waals surface area contributed by atoms with Crippen molar-refractivity contribution in [3.05, 3.63) is 54.2 Å². The van der Waals surface area contributed by atoms with E-state index in [2.05, 4.69) is 20.0 Å². The van der Waals surface area contributed by atoms with E-state index in [0.717, 1.165) is 22.1 Å². The first-order valence-corrected chi connectivity index (χ1v) is 7.26. The summed E-state index contributed by atoms with van der Waals surface area (Å²) < 4.78 is 28.5. The number of hydrogen-bond acceptors (Lipinski definition) is 5. The molecule has 112 valence electrons. The maximum absolute atomic E-state index is 12.1. The van der Waals surface area contributed by atoms with E-state index in [9.17, 15) is 8.78 Å². The lowest BCUT2D eigenvalue weighted by atomic mass is 10.2. The Labute approximate surface area is 129 Å².